The van der Waals surface area contributed by atoms with Crippen LogP contribution in [0.5, 0.6) is 5.75 Å². The average Bonchev–Trinajstić information content (AvgIpc) is 2.70. The lowest BCUT2D eigenvalue weighted by Crippen LogP contribution is -2.24. The van der Waals surface area contributed by atoms with Crippen molar-refractivity contribution in [3.8, 4) is 5.75 Å². The molecule has 0 saturated carbocycles. The molecule has 0 amide bonds. The van der Waals surface area contributed by atoms with E-state index in [1.807, 2.05) is 50.2 Å². The number of hydrogen-bond acceptors (Lipinski definition) is 3. The molecule has 0 fully saturated rings. The number of ether oxygens (including phenoxy) is 1. The SMILES string of the molecule is Cc1ccc(C(=O)[C@@H](C)Oc2ccc(C(=O)c3ccccc3)cc2)cc1C. The van der Waals surface area contributed by atoms with E-state index in [0.29, 0.717) is 22.4 Å². The molecular weight excluding hydrogens is 336 g/mol. The van der Waals surface area contributed by atoms with Crippen LogP contribution in [0.25, 0.3) is 0 Å². The van der Waals surface area contributed by atoms with Crippen LogP contribution in [0.1, 0.15) is 44.3 Å². The number of carbonyl (C=O) groups excluding carboxylic acids is 2. The van der Waals surface area contributed by atoms with E-state index >= 15 is 0 Å². The van der Waals surface area contributed by atoms with Crippen molar-refractivity contribution in [2.45, 2.75) is 26.9 Å². The van der Waals surface area contributed by atoms with Crippen LogP contribution in [0.4, 0.5) is 0 Å². The Morgan fingerprint density at radius 3 is 1.96 bits per heavy atom. The van der Waals surface area contributed by atoms with Gasteiger partial charge in [-0.15, -0.1) is 0 Å². The maximum atomic E-state index is 12.6. The van der Waals surface area contributed by atoms with Crippen LogP contribution in [-0.2, 0) is 0 Å². The molecule has 0 radical (unpaired) electrons. The predicted octanol–water partition coefficient (Wildman–Crippen LogP) is 5.18. The fraction of sp³-hybridized carbons (Fsp3) is 0.167. The van der Waals surface area contributed by atoms with E-state index in [0.717, 1.165) is 11.1 Å². The Morgan fingerprint density at radius 2 is 1.33 bits per heavy atom. The van der Waals surface area contributed by atoms with Gasteiger partial charge in [0, 0.05) is 16.7 Å². The Balaban J connectivity index is 1.69. The number of ketones is 2. The van der Waals surface area contributed by atoms with E-state index < -0.39 is 6.10 Å². The first-order valence-corrected chi connectivity index (χ1v) is 8.93. The van der Waals surface area contributed by atoms with E-state index in [2.05, 4.69) is 0 Å². The Hall–Kier alpha value is -3.20. The largest absolute Gasteiger partial charge is 0.483 e. The molecule has 0 aliphatic carbocycles. The number of carbonyl (C=O) groups is 2. The van der Waals surface area contributed by atoms with E-state index in [4.69, 9.17) is 4.74 Å². The van der Waals surface area contributed by atoms with E-state index in [1.165, 1.54) is 0 Å². The first-order valence-electron chi connectivity index (χ1n) is 8.93. The van der Waals surface area contributed by atoms with Gasteiger partial charge in [0.05, 0.1) is 0 Å². The van der Waals surface area contributed by atoms with Crippen molar-refractivity contribution in [1.82, 2.24) is 0 Å². The van der Waals surface area contributed by atoms with Gasteiger partial charge in [-0.2, -0.15) is 0 Å². The lowest BCUT2D eigenvalue weighted by atomic mass is 10.0. The van der Waals surface area contributed by atoms with Crippen LogP contribution >= 0.6 is 0 Å². The summed E-state index contributed by atoms with van der Waals surface area (Å²) < 4.78 is 5.78. The third-order valence-corrected chi connectivity index (χ3v) is 4.63. The Morgan fingerprint density at radius 1 is 0.741 bits per heavy atom. The minimum Gasteiger partial charge on any atom is -0.483 e. The molecule has 0 saturated heterocycles. The third kappa shape index (κ3) is 4.32. The van der Waals surface area contributed by atoms with Crippen LogP contribution < -0.4 is 4.74 Å². The molecule has 1 atom stereocenters. The summed E-state index contributed by atoms with van der Waals surface area (Å²) in [5, 5.41) is 0. The summed E-state index contributed by atoms with van der Waals surface area (Å²) in [6.45, 7) is 5.74. The van der Waals surface area contributed by atoms with Gasteiger partial charge >= 0.3 is 0 Å². The zero-order chi connectivity index (χ0) is 19.4. The molecule has 0 aliphatic heterocycles. The predicted molar refractivity (Wildman–Crippen MR) is 107 cm³/mol. The second kappa shape index (κ2) is 8.00. The van der Waals surface area contributed by atoms with Crippen molar-refractivity contribution in [2.75, 3.05) is 0 Å². The minimum atomic E-state index is -0.609. The highest BCUT2D eigenvalue weighted by Gasteiger charge is 2.18. The molecule has 3 rings (SSSR count). The molecule has 0 N–H and O–H groups in total. The van der Waals surface area contributed by atoms with E-state index in [9.17, 15) is 9.59 Å². The van der Waals surface area contributed by atoms with Crippen LogP contribution in [0.2, 0.25) is 0 Å². The smallest absolute Gasteiger partial charge is 0.203 e. The van der Waals surface area contributed by atoms with E-state index in [-0.39, 0.29) is 11.6 Å². The highest BCUT2D eigenvalue weighted by molar-refractivity contribution is 6.09. The molecule has 0 spiro atoms. The summed E-state index contributed by atoms with van der Waals surface area (Å²) in [5.74, 6) is 0.452. The Kier molecular flexibility index (Phi) is 5.51. The lowest BCUT2D eigenvalue weighted by molar-refractivity contribution is 0.0817. The van der Waals surface area contributed by atoms with E-state index in [1.54, 1.807) is 43.3 Å². The second-order valence-electron chi connectivity index (χ2n) is 6.64. The summed E-state index contributed by atoms with van der Waals surface area (Å²) in [5.41, 5.74) is 4.10. The molecule has 3 aromatic rings. The number of aryl methyl sites for hydroxylation is 2. The molecule has 136 valence electrons. The first-order chi connectivity index (χ1) is 13.0. The quantitative estimate of drug-likeness (QED) is 0.570. The summed E-state index contributed by atoms with van der Waals surface area (Å²) >= 11 is 0. The molecule has 27 heavy (non-hydrogen) atoms. The van der Waals surface area contributed by atoms with Gasteiger partial charge in [0.2, 0.25) is 5.78 Å². The maximum absolute atomic E-state index is 12.6. The number of rotatable bonds is 6. The molecule has 3 aromatic carbocycles. The van der Waals surface area contributed by atoms with Crippen LogP contribution in [0.15, 0.2) is 72.8 Å². The van der Waals surface area contributed by atoms with Gasteiger partial charge in [0.25, 0.3) is 0 Å². The van der Waals surface area contributed by atoms with Crippen molar-refractivity contribution < 1.29 is 14.3 Å². The maximum Gasteiger partial charge on any atom is 0.203 e. The monoisotopic (exact) mass is 358 g/mol. The number of hydrogen-bond donors (Lipinski definition) is 0. The van der Waals surface area contributed by atoms with Crippen LogP contribution in [-0.4, -0.2) is 17.7 Å². The van der Waals surface area contributed by atoms with Crippen molar-refractivity contribution >= 4 is 11.6 Å². The second-order valence-corrected chi connectivity index (χ2v) is 6.64. The van der Waals surface area contributed by atoms with Crippen molar-refractivity contribution in [1.29, 1.82) is 0 Å². The first kappa shape index (κ1) is 18.6. The molecular formula is C24H22O3. The Bertz CT molecular complexity index is 957. The molecule has 0 heterocycles. The van der Waals surface area contributed by atoms with Crippen molar-refractivity contribution in [2.24, 2.45) is 0 Å². The highest BCUT2D eigenvalue weighted by atomic mass is 16.5. The van der Waals surface area contributed by atoms with Gasteiger partial charge in [-0.25, -0.2) is 0 Å². The van der Waals surface area contributed by atoms with Crippen LogP contribution in [0.3, 0.4) is 0 Å². The summed E-state index contributed by atoms with van der Waals surface area (Å²) in [6, 6.07) is 21.7. The fourth-order valence-electron chi connectivity index (χ4n) is 2.83. The van der Waals surface area contributed by atoms with Crippen molar-refractivity contribution in [3.63, 3.8) is 0 Å². The van der Waals surface area contributed by atoms with Gasteiger partial charge in [0.15, 0.2) is 11.9 Å². The molecule has 3 nitrogen and oxygen atoms in total. The van der Waals surface area contributed by atoms with Gasteiger partial charge in [-0.3, -0.25) is 9.59 Å². The third-order valence-electron chi connectivity index (χ3n) is 4.63. The fourth-order valence-corrected chi connectivity index (χ4v) is 2.83. The molecule has 0 bridgehead atoms. The number of Topliss-reactive ketones (excluding diaryl/α,β-unsaturated/α-hetero) is 1. The molecule has 0 aliphatic rings. The topological polar surface area (TPSA) is 43.4 Å². The van der Waals surface area contributed by atoms with Gasteiger partial charge in [0.1, 0.15) is 5.75 Å². The summed E-state index contributed by atoms with van der Waals surface area (Å²) in [7, 11) is 0. The van der Waals surface area contributed by atoms with Crippen LogP contribution in [0, 0.1) is 13.8 Å². The van der Waals surface area contributed by atoms with Gasteiger partial charge in [-0.05, 0) is 62.2 Å². The van der Waals surface area contributed by atoms with Gasteiger partial charge in [-0.1, -0.05) is 42.5 Å². The molecule has 0 aromatic heterocycles. The molecule has 0 unspecified atom stereocenters. The molecule has 3 heteroatoms. The normalized spacial score (nSPS) is 11.7. The standard InChI is InChI=1S/C24H22O3/c1-16-9-10-21(15-17(16)2)23(25)18(3)27-22-13-11-20(12-14-22)24(26)19-7-5-4-6-8-19/h4-15,18H,1-3H3/t18-/m1/s1. The van der Waals surface area contributed by atoms with Gasteiger partial charge < -0.3 is 4.74 Å². The van der Waals surface area contributed by atoms with Crippen molar-refractivity contribution in [3.05, 3.63) is 101 Å². The summed E-state index contributed by atoms with van der Waals surface area (Å²) in [4.78, 5) is 25.0. The minimum absolute atomic E-state index is 0.0404. The highest BCUT2D eigenvalue weighted by Crippen LogP contribution is 2.19. The zero-order valence-electron chi connectivity index (χ0n) is 15.7. The lowest BCUT2D eigenvalue weighted by Gasteiger charge is -2.15. The number of benzene rings is 3. The summed E-state index contributed by atoms with van der Waals surface area (Å²) in [6.07, 6.45) is -0.609. The average molecular weight is 358 g/mol. The zero-order valence-corrected chi connectivity index (χ0v) is 15.7. The Labute approximate surface area is 159 Å².